The lowest BCUT2D eigenvalue weighted by molar-refractivity contribution is 0.987. The van der Waals surface area contributed by atoms with E-state index in [1.54, 1.807) is 0 Å². The normalized spacial score (nSPS) is 10.6. The summed E-state index contributed by atoms with van der Waals surface area (Å²) in [6.45, 7) is 6.00. The Balaban J connectivity index is 2.65. The Kier molecular flexibility index (Phi) is 3.31. The van der Waals surface area contributed by atoms with Gasteiger partial charge in [0.05, 0.1) is 5.69 Å². The van der Waals surface area contributed by atoms with Crippen LogP contribution in [0.2, 0.25) is 5.02 Å². The Morgan fingerprint density at radius 1 is 1.18 bits per heavy atom. The molecule has 0 atom stereocenters. The molecule has 0 bridgehead atoms. The SMILES string of the molecule is Cc1ccc(-c2n[nH]c(=S)c(C)c2C)cc1Cl. The van der Waals surface area contributed by atoms with E-state index in [4.69, 9.17) is 23.8 Å². The minimum Gasteiger partial charge on any atom is -0.267 e. The number of rotatable bonds is 1. The standard InChI is InChI=1S/C13H13ClN2S/c1-7-4-5-10(6-11(7)14)12-8(2)9(3)13(17)16-15-12/h4-6H,1-3H3,(H,16,17). The van der Waals surface area contributed by atoms with Crippen molar-refractivity contribution in [3.8, 4) is 11.3 Å². The van der Waals surface area contributed by atoms with Crippen LogP contribution in [0.15, 0.2) is 18.2 Å². The minimum absolute atomic E-state index is 0.685. The molecule has 1 aromatic carbocycles. The highest BCUT2D eigenvalue weighted by atomic mass is 35.5. The van der Waals surface area contributed by atoms with E-state index in [0.717, 1.165) is 33.0 Å². The van der Waals surface area contributed by atoms with Crippen LogP contribution in [0.3, 0.4) is 0 Å². The summed E-state index contributed by atoms with van der Waals surface area (Å²) in [4.78, 5) is 0. The zero-order chi connectivity index (χ0) is 12.6. The number of aryl methyl sites for hydroxylation is 1. The average Bonchev–Trinajstić information content (AvgIpc) is 2.30. The molecule has 0 saturated carbocycles. The third kappa shape index (κ3) is 2.26. The van der Waals surface area contributed by atoms with Crippen molar-refractivity contribution in [3.05, 3.63) is 44.6 Å². The molecule has 0 unspecified atom stereocenters. The van der Waals surface area contributed by atoms with Gasteiger partial charge in [-0.1, -0.05) is 36.0 Å². The van der Waals surface area contributed by atoms with Gasteiger partial charge in [-0.15, -0.1) is 0 Å². The molecular weight excluding hydrogens is 252 g/mol. The monoisotopic (exact) mass is 264 g/mol. The molecule has 0 aliphatic rings. The highest BCUT2D eigenvalue weighted by molar-refractivity contribution is 7.71. The van der Waals surface area contributed by atoms with Crippen molar-refractivity contribution in [3.63, 3.8) is 0 Å². The van der Waals surface area contributed by atoms with E-state index in [2.05, 4.69) is 10.2 Å². The van der Waals surface area contributed by atoms with Gasteiger partial charge >= 0.3 is 0 Å². The van der Waals surface area contributed by atoms with Gasteiger partial charge in [-0.3, -0.25) is 5.10 Å². The van der Waals surface area contributed by atoms with Crippen molar-refractivity contribution in [1.29, 1.82) is 0 Å². The number of halogens is 1. The van der Waals surface area contributed by atoms with Crippen LogP contribution < -0.4 is 0 Å². The summed E-state index contributed by atoms with van der Waals surface area (Å²) < 4.78 is 0.685. The molecule has 4 heteroatoms. The summed E-state index contributed by atoms with van der Waals surface area (Å²) in [5.41, 5.74) is 5.12. The van der Waals surface area contributed by atoms with Gasteiger partial charge in [0.25, 0.3) is 0 Å². The largest absolute Gasteiger partial charge is 0.267 e. The number of aromatic nitrogens is 2. The van der Waals surface area contributed by atoms with Crippen molar-refractivity contribution in [2.75, 3.05) is 0 Å². The molecule has 0 amide bonds. The van der Waals surface area contributed by atoms with Crippen LogP contribution in [-0.4, -0.2) is 10.2 Å². The van der Waals surface area contributed by atoms with E-state index in [0.29, 0.717) is 4.64 Å². The van der Waals surface area contributed by atoms with Gasteiger partial charge in [0.15, 0.2) is 0 Å². The number of aromatic amines is 1. The van der Waals surface area contributed by atoms with Gasteiger partial charge in [0.2, 0.25) is 0 Å². The second kappa shape index (κ2) is 4.59. The molecule has 17 heavy (non-hydrogen) atoms. The number of nitrogens with zero attached hydrogens (tertiary/aromatic N) is 1. The maximum atomic E-state index is 6.13. The molecule has 2 nitrogen and oxygen atoms in total. The number of hydrogen-bond donors (Lipinski definition) is 1. The number of H-pyrrole nitrogens is 1. The van der Waals surface area contributed by atoms with Gasteiger partial charge in [0, 0.05) is 10.6 Å². The first-order valence-electron chi connectivity index (χ1n) is 5.33. The summed E-state index contributed by atoms with van der Waals surface area (Å²) >= 11 is 11.3. The maximum absolute atomic E-state index is 6.13. The molecule has 0 spiro atoms. The molecule has 1 aromatic heterocycles. The van der Waals surface area contributed by atoms with Gasteiger partial charge < -0.3 is 0 Å². The van der Waals surface area contributed by atoms with Crippen LogP contribution in [0.4, 0.5) is 0 Å². The quantitative estimate of drug-likeness (QED) is 0.774. The summed E-state index contributed by atoms with van der Waals surface area (Å²) in [5.74, 6) is 0. The highest BCUT2D eigenvalue weighted by Crippen LogP contribution is 2.26. The number of nitrogens with one attached hydrogen (secondary N) is 1. The summed E-state index contributed by atoms with van der Waals surface area (Å²) in [6, 6.07) is 5.95. The van der Waals surface area contributed by atoms with Crippen LogP contribution in [0, 0.1) is 25.4 Å². The van der Waals surface area contributed by atoms with Crippen LogP contribution in [0.1, 0.15) is 16.7 Å². The van der Waals surface area contributed by atoms with E-state index in [1.807, 2.05) is 39.0 Å². The lowest BCUT2D eigenvalue weighted by atomic mass is 10.0. The van der Waals surface area contributed by atoms with Crippen molar-refractivity contribution >= 4 is 23.8 Å². The summed E-state index contributed by atoms with van der Waals surface area (Å²) in [6.07, 6.45) is 0. The highest BCUT2D eigenvalue weighted by Gasteiger charge is 2.08. The topological polar surface area (TPSA) is 28.7 Å². The van der Waals surface area contributed by atoms with Crippen LogP contribution in [0.25, 0.3) is 11.3 Å². The van der Waals surface area contributed by atoms with E-state index in [-0.39, 0.29) is 0 Å². The molecular formula is C13H13ClN2S. The Morgan fingerprint density at radius 3 is 2.53 bits per heavy atom. The number of benzene rings is 1. The lowest BCUT2D eigenvalue weighted by Gasteiger charge is -2.08. The van der Waals surface area contributed by atoms with Crippen LogP contribution in [0.5, 0.6) is 0 Å². The Hall–Kier alpha value is -1.19. The summed E-state index contributed by atoms with van der Waals surface area (Å²) in [5, 5.41) is 7.91. The molecule has 0 saturated heterocycles. The zero-order valence-corrected chi connectivity index (χ0v) is 11.5. The van der Waals surface area contributed by atoms with Crippen molar-refractivity contribution in [2.24, 2.45) is 0 Å². The molecule has 1 heterocycles. The van der Waals surface area contributed by atoms with Crippen molar-refractivity contribution in [2.45, 2.75) is 20.8 Å². The first kappa shape index (κ1) is 12.3. The molecule has 0 fully saturated rings. The van der Waals surface area contributed by atoms with Gasteiger partial charge in [-0.05, 0) is 43.5 Å². The number of hydrogen-bond acceptors (Lipinski definition) is 2. The van der Waals surface area contributed by atoms with E-state index >= 15 is 0 Å². The van der Waals surface area contributed by atoms with Crippen molar-refractivity contribution < 1.29 is 0 Å². The third-order valence-corrected chi connectivity index (χ3v) is 3.78. The molecule has 2 rings (SSSR count). The minimum atomic E-state index is 0.685. The van der Waals surface area contributed by atoms with E-state index in [1.165, 1.54) is 0 Å². The summed E-state index contributed by atoms with van der Waals surface area (Å²) in [7, 11) is 0. The van der Waals surface area contributed by atoms with Crippen LogP contribution >= 0.6 is 23.8 Å². The first-order chi connectivity index (χ1) is 8.00. The molecule has 1 N–H and O–H groups in total. The molecule has 0 aliphatic carbocycles. The average molecular weight is 265 g/mol. The maximum Gasteiger partial charge on any atom is 0.122 e. The Bertz CT molecular complexity index is 632. The van der Waals surface area contributed by atoms with Gasteiger partial charge in [0.1, 0.15) is 4.64 Å². The fourth-order valence-corrected chi connectivity index (χ4v) is 2.02. The fraction of sp³-hybridized carbons (Fsp3) is 0.231. The van der Waals surface area contributed by atoms with Gasteiger partial charge in [-0.2, -0.15) is 5.10 Å². The molecule has 0 aliphatic heterocycles. The Labute approximate surface area is 111 Å². The molecule has 0 radical (unpaired) electrons. The van der Waals surface area contributed by atoms with Crippen molar-refractivity contribution in [1.82, 2.24) is 10.2 Å². The zero-order valence-electron chi connectivity index (χ0n) is 9.97. The second-order valence-corrected chi connectivity index (χ2v) is 4.93. The molecule has 2 aromatic rings. The fourth-order valence-electron chi connectivity index (χ4n) is 1.64. The van der Waals surface area contributed by atoms with Crippen LogP contribution in [-0.2, 0) is 0 Å². The van der Waals surface area contributed by atoms with Gasteiger partial charge in [-0.25, -0.2) is 0 Å². The lowest BCUT2D eigenvalue weighted by Crippen LogP contribution is -1.96. The second-order valence-electron chi connectivity index (χ2n) is 4.12. The van der Waals surface area contributed by atoms with E-state index < -0.39 is 0 Å². The predicted octanol–water partition coefficient (Wildman–Crippen LogP) is 4.38. The van der Waals surface area contributed by atoms with E-state index in [9.17, 15) is 0 Å². The predicted molar refractivity (Wildman–Crippen MR) is 74.1 cm³/mol. The third-order valence-electron chi connectivity index (χ3n) is 2.97. The Morgan fingerprint density at radius 2 is 1.88 bits per heavy atom. The smallest absolute Gasteiger partial charge is 0.122 e. The first-order valence-corrected chi connectivity index (χ1v) is 6.11. The molecule has 88 valence electrons.